The fourth-order valence-electron chi connectivity index (χ4n) is 2.74. The number of carbonyl (C=O) groups is 1. The highest BCUT2D eigenvalue weighted by atomic mass is 16.2. The molecule has 5 nitrogen and oxygen atoms in total. The van der Waals surface area contributed by atoms with Crippen LogP contribution in [0.4, 0.5) is 4.79 Å². The zero-order valence-electron chi connectivity index (χ0n) is 12.0. The van der Waals surface area contributed by atoms with Crippen LogP contribution in [0.3, 0.4) is 0 Å². The first kappa shape index (κ1) is 13.7. The summed E-state index contributed by atoms with van der Waals surface area (Å²) < 4.78 is 0. The number of aromatic nitrogens is 2. The number of urea groups is 1. The van der Waals surface area contributed by atoms with Crippen molar-refractivity contribution in [1.82, 2.24) is 20.2 Å². The van der Waals surface area contributed by atoms with Crippen molar-refractivity contribution in [2.75, 3.05) is 13.1 Å². The topological polar surface area (TPSA) is 61.0 Å². The van der Waals surface area contributed by atoms with Gasteiger partial charge in [-0.05, 0) is 18.4 Å². The maximum absolute atomic E-state index is 12.2. The van der Waals surface area contributed by atoms with Gasteiger partial charge in [-0.3, -0.25) is 0 Å². The van der Waals surface area contributed by atoms with Gasteiger partial charge in [-0.15, -0.1) is 0 Å². The lowest BCUT2D eigenvalue weighted by atomic mass is 9.96. The smallest absolute Gasteiger partial charge is 0.317 e. The highest BCUT2D eigenvalue weighted by Crippen LogP contribution is 2.25. The second-order valence-corrected chi connectivity index (χ2v) is 5.38. The summed E-state index contributed by atoms with van der Waals surface area (Å²) in [5.41, 5.74) is 1.12. The van der Waals surface area contributed by atoms with Gasteiger partial charge in [0.05, 0.1) is 0 Å². The number of aromatic amines is 1. The molecule has 0 spiro atoms. The van der Waals surface area contributed by atoms with Crippen LogP contribution in [-0.4, -0.2) is 34.0 Å². The predicted octanol–water partition coefficient (Wildman–Crippen LogP) is 2.50. The molecular formula is C16H20N4O. The number of carbonyl (C=O) groups excluding carboxylic acids is 1. The van der Waals surface area contributed by atoms with Crippen molar-refractivity contribution in [3.63, 3.8) is 0 Å². The third-order valence-electron chi connectivity index (χ3n) is 3.97. The lowest BCUT2D eigenvalue weighted by molar-refractivity contribution is 0.180. The molecule has 1 aromatic heterocycles. The Morgan fingerprint density at radius 3 is 2.71 bits per heavy atom. The molecule has 0 bridgehead atoms. The second-order valence-electron chi connectivity index (χ2n) is 5.38. The van der Waals surface area contributed by atoms with E-state index in [2.05, 4.69) is 15.3 Å². The van der Waals surface area contributed by atoms with E-state index in [9.17, 15) is 4.79 Å². The first-order valence-electron chi connectivity index (χ1n) is 7.39. The van der Waals surface area contributed by atoms with E-state index < -0.39 is 0 Å². The minimum absolute atomic E-state index is 0.0248. The fourth-order valence-corrected chi connectivity index (χ4v) is 2.74. The second kappa shape index (κ2) is 6.43. The maximum Gasteiger partial charge on any atom is 0.317 e. The van der Waals surface area contributed by atoms with Gasteiger partial charge >= 0.3 is 6.03 Å². The molecule has 1 fully saturated rings. The molecule has 0 unspecified atom stereocenters. The van der Waals surface area contributed by atoms with E-state index in [1.807, 2.05) is 41.4 Å². The van der Waals surface area contributed by atoms with Gasteiger partial charge in [0.1, 0.15) is 5.82 Å². The summed E-state index contributed by atoms with van der Waals surface area (Å²) in [6, 6.07) is 10.0. The van der Waals surface area contributed by atoms with E-state index in [0.717, 1.165) is 37.3 Å². The molecule has 5 heteroatoms. The van der Waals surface area contributed by atoms with Crippen LogP contribution in [0, 0.1) is 0 Å². The molecule has 2 N–H and O–H groups in total. The molecule has 1 saturated heterocycles. The van der Waals surface area contributed by atoms with Gasteiger partial charge in [0.25, 0.3) is 0 Å². The van der Waals surface area contributed by atoms with Gasteiger partial charge in [-0.25, -0.2) is 9.78 Å². The Bertz CT molecular complexity index is 559. The van der Waals surface area contributed by atoms with Gasteiger partial charge in [-0.2, -0.15) is 0 Å². The van der Waals surface area contributed by atoms with Crippen molar-refractivity contribution in [1.29, 1.82) is 0 Å². The molecule has 0 saturated carbocycles. The minimum atomic E-state index is 0.0248. The summed E-state index contributed by atoms with van der Waals surface area (Å²) in [7, 11) is 0. The SMILES string of the molecule is O=C(NCc1ccccc1)N1CCC(c2ncc[nH]2)CC1. The molecule has 0 radical (unpaired) electrons. The standard InChI is InChI=1S/C16H20N4O/c21-16(19-12-13-4-2-1-3-5-13)20-10-6-14(7-11-20)15-17-8-9-18-15/h1-5,8-9,14H,6-7,10-12H2,(H,17,18)(H,19,21). The van der Waals surface area contributed by atoms with Gasteiger partial charge < -0.3 is 15.2 Å². The Morgan fingerprint density at radius 1 is 1.29 bits per heavy atom. The highest BCUT2D eigenvalue weighted by Gasteiger charge is 2.24. The summed E-state index contributed by atoms with van der Waals surface area (Å²) in [5, 5.41) is 2.98. The normalized spacial score (nSPS) is 15.9. The molecular weight excluding hydrogens is 264 g/mol. The van der Waals surface area contributed by atoms with E-state index in [4.69, 9.17) is 0 Å². The summed E-state index contributed by atoms with van der Waals surface area (Å²) in [5.74, 6) is 1.48. The van der Waals surface area contributed by atoms with Crippen LogP contribution in [-0.2, 0) is 6.54 Å². The number of H-pyrrole nitrogens is 1. The predicted molar refractivity (Wildman–Crippen MR) is 80.8 cm³/mol. The molecule has 3 rings (SSSR count). The molecule has 0 aliphatic carbocycles. The van der Waals surface area contributed by atoms with Gasteiger partial charge in [0.2, 0.25) is 0 Å². The van der Waals surface area contributed by atoms with E-state index in [0.29, 0.717) is 12.5 Å². The summed E-state index contributed by atoms with van der Waals surface area (Å²) in [4.78, 5) is 21.5. The highest BCUT2D eigenvalue weighted by molar-refractivity contribution is 5.74. The average Bonchev–Trinajstić information content (AvgIpc) is 3.08. The van der Waals surface area contributed by atoms with Gasteiger partial charge in [-0.1, -0.05) is 30.3 Å². The largest absolute Gasteiger partial charge is 0.348 e. The molecule has 2 aromatic rings. The van der Waals surface area contributed by atoms with Crippen LogP contribution >= 0.6 is 0 Å². The van der Waals surface area contributed by atoms with E-state index in [-0.39, 0.29) is 6.03 Å². The quantitative estimate of drug-likeness (QED) is 0.909. The number of imidazole rings is 1. The Hall–Kier alpha value is -2.30. The number of hydrogen-bond donors (Lipinski definition) is 2. The number of hydrogen-bond acceptors (Lipinski definition) is 2. The van der Waals surface area contributed by atoms with E-state index >= 15 is 0 Å². The summed E-state index contributed by atoms with van der Waals surface area (Å²) in [6.45, 7) is 2.15. The maximum atomic E-state index is 12.2. The number of likely N-dealkylation sites (tertiary alicyclic amines) is 1. The molecule has 21 heavy (non-hydrogen) atoms. The molecule has 1 aromatic carbocycles. The number of amides is 2. The number of benzene rings is 1. The van der Waals surface area contributed by atoms with E-state index in [1.54, 1.807) is 6.20 Å². The number of rotatable bonds is 3. The summed E-state index contributed by atoms with van der Waals surface area (Å²) in [6.07, 6.45) is 5.57. The van der Waals surface area contributed by atoms with Crippen LogP contribution < -0.4 is 5.32 Å². The number of nitrogens with one attached hydrogen (secondary N) is 2. The minimum Gasteiger partial charge on any atom is -0.348 e. The van der Waals surface area contributed by atoms with Crippen molar-refractivity contribution in [2.24, 2.45) is 0 Å². The van der Waals surface area contributed by atoms with Crippen molar-refractivity contribution in [3.05, 3.63) is 54.1 Å². The first-order chi connectivity index (χ1) is 10.3. The van der Waals surface area contributed by atoms with Gasteiger partial charge in [0, 0.05) is 37.9 Å². The third kappa shape index (κ3) is 3.42. The van der Waals surface area contributed by atoms with Crippen molar-refractivity contribution < 1.29 is 4.79 Å². The van der Waals surface area contributed by atoms with Crippen LogP contribution in [0.1, 0.15) is 30.1 Å². The van der Waals surface area contributed by atoms with Crippen molar-refractivity contribution >= 4 is 6.03 Å². The lowest BCUT2D eigenvalue weighted by Crippen LogP contribution is -2.43. The van der Waals surface area contributed by atoms with Crippen molar-refractivity contribution in [2.45, 2.75) is 25.3 Å². The zero-order valence-corrected chi connectivity index (χ0v) is 12.0. The number of nitrogens with zero attached hydrogens (tertiary/aromatic N) is 2. The average molecular weight is 284 g/mol. The molecule has 0 atom stereocenters. The molecule has 1 aliphatic heterocycles. The lowest BCUT2D eigenvalue weighted by Gasteiger charge is -2.31. The Morgan fingerprint density at radius 2 is 2.05 bits per heavy atom. The molecule has 2 amide bonds. The van der Waals surface area contributed by atoms with Crippen LogP contribution in [0.15, 0.2) is 42.7 Å². The van der Waals surface area contributed by atoms with Crippen LogP contribution in [0.2, 0.25) is 0 Å². The molecule has 1 aliphatic rings. The Labute approximate surface area is 124 Å². The Balaban J connectivity index is 1.47. The number of piperidine rings is 1. The fraction of sp³-hybridized carbons (Fsp3) is 0.375. The van der Waals surface area contributed by atoms with Gasteiger partial charge in [0.15, 0.2) is 0 Å². The summed E-state index contributed by atoms with van der Waals surface area (Å²) >= 11 is 0. The van der Waals surface area contributed by atoms with Crippen LogP contribution in [0.25, 0.3) is 0 Å². The Kier molecular flexibility index (Phi) is 4.19. The van der Waals surface area contributed by atoms with Crippen LogP contribution in [0.5, 0.6) is 0 Å². The zero-order chi connectivity index (χ0) is 14.5. The monoisotopic (exact) mass is 284 g/mol. The molecule has 2 heterocycles. The molecule has 110 valence electrons. The first-order valence-corrected chi connectivity index (χ1v) is 7.39. The van der Waals surface area contributed by atoms with E-state index in [1.165, 1.54) is 0 Å². The third-order valence-corrected chi connectivity index (χ3v) is 3.97. The van der Waals surface area contributed by atoms with Crippen molar-refractivity contribution in [3.8, 4) is 0 Å².